The summed E-state index contributed by atoms with van der Waals surface area (Å²) in [6, 6.07) is 13.3. The van der Waals surface area contributed by atoms with Gasteiger partial charge >= 0.3 is 5.97 Å². The van der Waals surface area contributed by atoms with Gasteiger partial charge < -0.3 is 15.2 Å². The molecule has 4 heteroatoms. The van der Waals surface area contributed by atoms with Crippen LogP contribution in [0, 0.1) is 0 Å². The average Bonchev–Trinajstić information content (AvgIpc) is 3.00. The van der Waals surface area contributed by atoms with Crippen molar-refractivity contribution in [3.05, 3.63) is 53.6 Å². The van der Waals surface area contributed by atoms with Crippen LogP contribution in [0.25, 0.3) is 22.2 Å². The molecule has 1 aromatic heterocycles. The summed E-state index contributed by atoms with van der Waals surface area (Å²) in [4.78, 5) is 14.5. The van der Waals surface area contributed by atoms with E-state index in [0.717, 1.165) is 40.6 Å². The molecule has 1 heterocycles. The Hall–Kier alpha value is -2.75. The first-order chi connectivity index (χ1) is 12.6. The summed E-state index contributed by atoms with van der Waals surface area (Å²) in [5.74, 6) is -0.0938. The smallest absolute Gasteiger partial charge is 0.307 e. The molecule has 0 aliphatic heterocycles. The molecule has 0 spiro atoms. The Kier molecular flexibility index (Phi) is 4.41. The van der Waals surface area contributed by atoms with Gasteiger partial charge in [0.2, 0.25) is 0 Å². The Morgan fingerprint density at radius 3 is 2.58 bits per heavy atom. The molecule has 1 fully saturated rings. The number of carboxylic acids is 1. The number of phenols is 1. The summed E-state index contributed by atoms with van der Waals surface area (Å²) in [7, 11) is 0. The van der Waals surface area contributed by atoms with Gasteiger partial charge in [0.15, 0.2) is 0 Å². The number of carbonyl (C=O) groups is 1. The number of nitrogens with one attached hydrogen (secondary N) is 1. The van der Waals surface area contributed by atoms with E-state index in [0.29, 0.717) is 5.92 Å². The number of hydrogen-bond donors (Lipinski definition) is 3. The molecule has 3 aromatic rings. The van der Waals surface area contributed by atoms with Crippen LogP contribution in [-0.4, -0.2) is 21.2 Å². The molecular formula is C22H23NO3. The van der Waals surface area contributed by atoms with Gasteiger partial charge in [-0.3, -0.25) is 4.79 Å². The van der Waals surface area contributed by atoms with Gasteiger partial charge in [0.25, 0.3) is 0 Å². The van der Waals surface area contributed by atoms with Crippen LogP contribution < -0.4 is 0 Å². The minimum absolute atomic E-state index is 0.0135. The number of aromatic amines is 1. The summed E-state index contributed by atoms with van der Waals surface area (Å²) in [5.41, 5.74) is 4.78. The Balaban J connectivity index is 1.90. The SMILES string of the molecule is O=C(O)Cc1ccc2c(C3CCCCC3)c(-c3ccccc3O)[nH]c2c1. The summed E-state index contributed by atoms with van der Waals surface area (Å²) >= 11 is 0. The third-order valence-electron chi connectivity index (χ3n) is 5.45. The second-order valence-electron chi connectivity index (χ2n) is 7.22. The van der Waals surface area contributed by atoms with E-state index in [4.69, 9.17) is 5.11 Å². The molecule has 1 aliphatic rings. The van der Waals surface area contributed by atoms with Crippen molar-refractivity contribution >= 4 is 16.9 Å². The first-order valence-electron chi connectivity index (χ1n) is 9.28. The fourth-order valence-electron chi connectivity index (χ4n) is 4.26. The number of aromatic nitrogens is 1. The van der Waals surface area contributed by atoms with Crippen molar-refractivity contribution in [1.29, 1.82) is 0 Å². The highest BCUT2D eigenvalue weighted by atomic mass is 16.4. The highest BCUT2D eigenvalue weighted by molar-refractivity contribution is 5.93. The van der Waals surface area contributed by atoms with Gasteiger partial charge in [0.05, 0.1) is 12.1 Å². The van der Waals surface area contributed by atoms with Crippen molar-refractivity contribution in [2.75, 3.05) is 0 Å². The van der Waals surface area contributed by atoms with E-state index >= 15 is 0 Å². The molecule has 26 heavy (non-hydrogen) atoms. The number of para-hydroxylation sites is 1. The zero-order valence-corrected chi connectivity index (χ0v) is 14.7. The van der Waals surface area contributed by atoms with E-state index in [9.17, 15) is 9.90 Å². The number of hydrogen-bond acceptors (Lipinski definition) is 2. The summed E-state index contributed by atoms with van der Waals surface area (Å²) < 4.78 is 0. The maximum absolute atomic E-state index is 11.0. The molecule has 1 saturated carbocycles. The molecule has 2 aromatic carbocycles. The van der Waals surface area contributed by atoms with Gasteiger partial charge in [-0.1, -0.05) is 43.5 Å². The Morgan fingerprint density at radius 2 is 1.85 bits per heavy atom. The molecule has 4 nitrogen and oxygen atoms in total. The predicted octanol–water partition coefficient (Wildman–Crippen LogP) is 5.22. The fraction of sp³-hybridized carbons (Fsp3) is 0.318. The fourth-order valence-corrected chi connectivity index (χ4v) is 4.26. The van der Waals surface area contributed by atoms with Gasteiger partial charge in [0, 0.05) is 16.5 Å². The lowest BCUT2D eigenvalue weighted by molar-refractivity contribution is -0.136. The zero-order valence-electron chi connectivity index (χ0n) is 14.7. The maximum atomic E-state index is 11.0. The quantitative estimate of drug-likeness (QED) is 0.605. The second-order valence-corrected chi connectivity index (χ2v) is 7.22. The molecule has 4 rings (SSSR count). The number of rotatable bonds is 4. The number of benzene rings is 2. The van der Waals surface area contributed by atoms with Crippen molar-refractivity contribution in [3.8, 4) is 17.0 Å². The van der Waals surface area contributed by atoms with Crippen LogP contribution >= 0.6 is 0 Å². The minimum Gasteiger partial charge on any atom is -0.507 e. The van der Waals surface area contributed by atoms with Gasteiger partial charge in [-0.05, 0) is 48.1 Å². The number of phenolic OH excluding ortho intramolecular Hbond substituents is 1. The van der Waals surface area contributed by atoms with Crippen molar-refractivity contribution < 1.29 is 15.0 Å². The molecule has 0 amide bonds. The van der Waals surface area contributed by atoms with Crippen LogP contribution in [0.1, 0.15) is 49.1 Å². The third-order valence-corrected chi connectivity index (χ3v) is 5.45. The van der Waals surface area contributed by atoms with Crippen LogP contribution in [0.5, 0.6) is 5.75 Å². The van der Waals surface area contributed by atoms with Crippen molar-refractivity contribution in [2.24, 2.45) is 0 Å². The van der Waals surface area contributed by atoms with Crippen LogP contribution in [0.3, 0.4) is 0 Å². The standard InChI is InChI=1S/C22H23NO3/c24-19-9-5-4-8-17(19)22-21(15-6-2-1-3-7-15)16-11-10-14(13-20(25)26)12-18(16)23-22/h4-5,8-12,15,23-24H,1-3,6-7,13H2,(H,25,26). The van der Waals surface area contributed by atoms with E-state index < -0.39 is 5.97 Å². The van der Waals surface area contributed by atoms with Crippen LogP contribution in [0.4, 0.5) is 0 Å². The molecule has 0 radical (unpaired) electrons. The van der Waals surface area contributed by atoms with E-state index in [1.807, 2.05) is 36.4 Å². The minimum atomic E-state index is -0.829. The van der Waals surface area contributed by atoms with E-state index in [1.165, 1.54) is 24.8 Å². The zero-order chi connectivity index (χ0) is 18.1. The monoisotopic (exact) mass is 349 g/mol. The number of carboxylic acid groups (broad SMARTS) is 1. The Bertz CT molecular complexity index is 951. The summed E-state index contributed by atoms with van der Waals surface area (Å²) in [6.45, 7) is 0. The highest BCUT2D eigenvalue weighted by Crippen LogP contribution is 2.44. The van der Waals surface area contributed by atoms with Gasteiger partial charge in [0.1, 0.15) is 5.75 Å². The number of H-pyrrole nitrogens is 1. The first-order valence-corrected chi connectivity index (χ1v) is 9.28. The molecule has 3 N–H and O–H groups in total. The van der Waals surface area contributed by atoms with Crippen molar-refractivity contribution in [2.45, 2.75) is 44.4 Å². The summed E-state index contributed by atoms with van der Waals surface area (Å²) in [5, 5.41) is 20.6. The molecule has 0 saturated heterocycles. The Labute approximate surface area is 152 Å². The molecule has 134 valence electrons. The van der Waals surface area contributed by atoms with E-state index in [-0.39, 0.29) is 12.2 Å². The lowest BCUT2D eigenvalue weighted by Crippen LogP contribution is -2.05. The van der Waals surface area contributed by atoms with Crippen LogP contribution in [0.2, 0.25) is 0 Å². The lowest BCUT2D eigenvalue weighted by atomic mass is 9.81. The van der Waals surface area contributed by atoms with Gasteiger partial charge in [-0.15, -0.1) is 0 Å². The topological polar surface area (TPSA) is 73.3 Å². The van der Waals surface area contributed by atoms with Gasteiger partial charge in [-0.25, -0.2) is 0 Å². The predicted molar refractivity (Wildman–Crippen MR) is 103 cm³/mol. The first kappa shape index (κ1) is 16.7. The number of fused-ring (bicyclic) bond motifs is 1. The summed E-state index contributed by atoms with van der Waals surface area (Å²) in [6.07, 6.45) is 6.07. The van der Waals surface area contributed by atoms with E-state index in [2.05, 4.69) is 4.98 Å². The second kappa shape index (κ2) is 6.87. The maximum Gasteiger partial charge on any atom is 0.307 e. The van der Waals surface area contributed by atoms with Crippen LogP contribution in [0.15, 0.2) is 42.5 Å². The normalized spacial score (nSPS) is 15.4. The third kappa shape index (κ3) is 3.07. The number of aromatic hydroxyl groups is 1. The average molecular weight is 349 g/mol. The largest absolute Gasteiger partial charge is 0.507 e. The molecular weight excluding hydrogens is 326 g/mol. The van der Waals surface area contributed by atoms with Crippen LogP contribution in [-0.2, 0) is 11.2 Å². The van der Waals surface area contributed by atoms with Gasteiger partial charge in [-0.2, -0.15) is 0 Å². The van der Waals surface area contributed by atoms with Crippen molar-refractivity contribution in [3.63, 3.8) is 0 Å². The highest BCUT2D eigenvalue weighted by Gasteiger charge is 2.24. The van der Waals surface area contributed by atoms with E-state index in [1.54, 1.807) is 6.07 Å². The number of aliphatic carboxylic acids is 1. The molecule has 0 atom stereocenters. The molecule has 0 bridgehead atoms. The lowest BCUT2D eigenvalue weighted by Gasteiger charge is -2.23. The molecule has 1 aliphatic carbocycles. The molecule has 0 unspecified atom stereocenters. The Morgan fingerprint density at radius 1 is 1.08 bits per heavy atom. The van der Waals surface area contributed by atoms with Crippen molar-refractivity contribution in [1.82, 2.24) is 4.98 Å².